The van der Waals surface area contributed by atoms with Crippen LogP contribution in [0.4, 0.5) is 5.69 Å². The maximum absolute atomic E-state index is 13.0. The molecule has 0 unspecified atom stereocenters. The van der Waals surface area contributed by atoms with Gasteiger partial charge in [0.05, 0.1) is 12.8 Å². The highest BCUT2D eigenvalue weighted by Gasteiger charge is 2.23. The molecule has 6 nitrogen and oxygen atoms in total. The number of benzene rings is 1. The van der Waals surface area contributed by atoms with Crippen molar-refractivity contribution in [2.75, 3.05) is 18.6 Å². The zero-order valence-electron chi connectivity index (χ0n) is 13.4. The van der Waals surface area contributed by atoms with Crippen molar-refractivity contribution in [2.24, 2.45) is 0 Å². The molecule has 0 atom stereocenters. The van der Waals surface area contributed by atoms with Crippen molar-refractivity contribution in [2.45, 2.75) is 19.3 Å². The van der Waals surface area contributed by atoms with Crippen LogP contribution in [0.5, 0.6) is 5.75 Å². The monoisotopic (exact) mass is 326 g/mol. The van der Waals surface area contributed by atoms with Crippen molar-refractivity contribution in [3.8, 4) is 5.75 Å². The van der Waals surface area contributed by atoms with Gasteiger partial charge in [0.2, 0.25) is 0 Å². The summed E-state index contributed by atoms with van der Waals surface area (Å²) in [6.07, 6.45) is 4.14. The molecular weight excluding hydrogens is 308 g/mol. The average Bonchev–Trinajstić information content (AvgIpc) is 2.82. The SMILES string of the molecule is COc1ccc2c(c1)N(C(=O)c1ccnc(C(=O)O)c1)CCCC2. The number of carboxylic acid groups (broad SMARTS) is 1. The van der Waals surface area contributed by atoms with Gasteiger partial charge in [-0.15, -0.1) is 0 Å². The summed E-state index contributed by atoms with van der Waals surface area (Å²) in [5.41, 5.74) is 2.10. The van der Waals surface area contributed by atoms with Crippen LogP contribution in [-0.4, -0.2) is 35.6 Å². The maximum Gasteiger partial charge on any atom is 0.354 e. The predicted molar refractivity (Wildman–Crippen MR) is 88.8 cm³/mol. The standard InChI is InChI=1S/C18H18N2O4/c1-24-14-6-5-12-4-2-3-9-20(16(12)11-14)17(21)13-7-8-19-15(10-13)18(22)23/h5-8,10-11H,2-4,9H2,1H3,(H,22,23). The molecule has 3 rings (SSSR count). The van der Waals surface area contributed by atoms with E-state index in [1.807, 2.05) is 18.2 Å². The van der Waals surface area contributed by atoms with Gasteiger partial charge in [0, 0.05) is 24.4 Å². The Hall–Kier alpha value is -2.89. The molecule has 0 saturated carbocycles. The largest absolute Gasteiger partial charge is 0.497 e. The van der Waals surface area contributed by atoms with Crippen LogP contribution in [0.1, 0.15) is 39.3 Å². The van der Waals surface area contributed by atoms with E-state index in [4.69, 9.17) is 9.84 Å². The minimum absolute atomic E-state index is 0.137. The number of aromatic nitrogens is 1. The minimum atomic E-state index is -1.15. The van der Waals surface area contributed by atoms with Gasteiger partial charge < -0.3 is 14.7 Å². The number of nitrogens with zero attached hydrogens (tertiary/aromatic N) is 2. The number of ether oxygens (including phenoxy) is 1. The molecule has 1 N–H and O–H groups in total. The van der Waals surface area contributed by atoms with E-state index >= 15 is 0 Å². The molecule has 124 valence electrons. The molecular formula is C18H18N2O4. The molecule has 0 aliphatic carbocycles. The van der Waals surface area contributed by atoms with Crippen LogP contribution in [0.3, 0.4) is 0 Å². The van der Waals surface area contributed by atoms with Gasteiger partial charge in [0.1, 0.15) is 11.4 Å². The number of anilines is 1. The molecule has 2 aromatic rings. The number of hydrogen-bond acceptors (Lipinski definition) is 4. The second kappa shape index (κ2) is 6.70. The fraction of sp³-hybridized carbons (Fsp3) is 0.278. The van der Waals surface area contributed by atoms with Crippen molar-refractivity contribution < 1.29 is 19.4 Å². The van der Waals surface area contributed by atoms with Gasteiger partial charge in [-0.05, 0) is 43.0 Å². The normalized spacial score (nSPS) is 13.8. The molecule has 2 heterocycles. The quantitative estimate of drug-likeness (QED) is 0.938. The first-order valence-corrected chi connectivity index (χ1v) is 7.78. The van der Waals surface area contributed by atoms with E-state index in [-0.39, 0.29) is 11.6 Å². The Labute approximate surface area is 139 Å². The van der Waals surface area contributed by atoms with Crippen LogP contribution in [0.15, 0.2) is 36.5 Å². The number of hydrogen-bond donors (Lipinski definition) is 1. The van der Waals surface area contributed by atoms with Crippen LogP contribution in [0.25, 0.3) is 0 Å². The van der Waals surface area contributed by atoms with Crippen molar-refractivity contribution in [1.29, 1.82) is 0 Å². The maximum atomic E-state index is 13.0. The third-order valence-corrected chi connectivity index (χ3v) is 4.13. The van der Waals surface area contributed by atoms with Crippen LogP contribution < -0.4 is 9.64 Å². The summed E-state index contributed by atoms with van der Waals surface area (Å²) in [5, 5.41) is 9.07. The summed E-state index contributed by atoms with van der Waals surface area (Å²) in [6, 6.07) is 8.59. The van der Waals surface area contributed by atoms with Gasteiger partial charge >= 0.3 is 5.97 Å². The number of methoxy groups -OCH3 is 1. The molecule has 6 heteroatoms. The zero-order chi connectivity index (χ0) is 17.1. The van der Waals surface area contributed by atoms with E-state index in [1.54, 1.807) is 18.1 Å². The third-order valence-electron chi connectivity index (χ3n) is 4.13. The topological polar surface area (TPSA) is 79.7 Å². The molecule has 1 aromatic heterocycles. The molecule has 24 heavy (non-hydrogen) atoms. The lowest BCUT2D eigenvalue weighted by Gasteiger charge is -2.23. The first kappa shape index (κ1) is 16.0. The summed E-state index contributed by atoms with van der Waals surface area (Å²) < 4.78 is 5.28. The highest BCUT2D eigenvalue weighted by Crippen LogP contribution is 2.31. The zero-order valence-corrected chi connectivity index (χ0v) is 13.4. The first-order valence-electron chi connectivity index (χ1n) is 7.78. The average molecular weight is 326 g/mol. The summed E-state index contributed by atoms with van der Waals surface area (Å²) in [6.45, 7) is 0.587. The molecule has 1 amide bonds. The van der Waals surface area contributed by atoms with Crippen LogP contribution >= 0.6 is 0 Å². The number of aryl methyl sites for hydroxylation is 1. The molecule has 1 aliphatic rings. The Morgan fingerprint density at radius 1 is 1.21 bits per heavy atom. The molecule has 0 bridgehead atoms. The van der Waals surface area contributed by atoms with Crippen molar-refractivity contribution >= 4 is 17.6 Å². The Balaban J connectivity index is 2.01. The number of amides is 1. The summed E-state index contributed by atoms with van der Waals surface area (Å²) in [7, 11) is 1.59. The van der Waals surface area contributed by atoms with Crippen molar-refractivity contribution in [1.82, 2.24) is 4.98 Å². The van der Waals surface area contributed by atoms with Gasteiger partial charge in [0.15, 0.2) is 0 Å². The van der Waals surface area contributed by atoms with E-state index in [0.717, 1.165) is 30.5 Å². The number of aromatic carboxylic acids is 1. The molecule has 0 spiro atoms. The van der Waals surface area contributed by atoms with Crippen LogP contribution in [0, 0.1) is 0 Å². The van der Waals surface area contributed by atoms with Gasteiger partial charge in [-0.25, -0.2) is 9.78 Å². The number of carbonyl (C=O) groups is 2. The second-order valence-corrected chi connectivity index (χ2v) is 5.64. The summed E-state index contributed by atoms with van der Waals surface area (Å²) >= 11 is 0. The molecule has 0 fully saturated rings. The summed E-state index contributed by atoms with van der Waals surface area (Å²) in [4.78, 5) is 29.5. The molecule has 0 radical (unpaired) electrons. The number of rotatable bonds is 3. The highest BCUT2D eigenvalue weighted by molar-refractivity contribution is 6.07. The fourth-order valence-corrected chi connectivity index (χ4v) is 2.89. The lowest BCUT2D eigenvalue weighted by Crippen LogP contribution is -2.32. The van der Waals surface area contributed by atoms with Crippen molar-refractivity contribution in [3.63, 3.8) is 0 Å². The number of carbonyl (C=O) groups excluding carboxylic acids is 1. The van der Waals surface area contributed by atoms with E-state index < -0.39 is 5.97 Å². The van der Waals surface area contributed by atoms with Crippen molar-refractivity contribution in [3.05, 3.63) is 53.3 Å². The van der Waals surface area contributed by atoms with Crippen LogP contribution in [-0.2, 0) is 6.42 Å². The second-order valence-electron chi connectivity index (χ2n) is 5.64. The lowest BCUT2D eigenvalue weighted by molar-refractivity contribution is 0.0690. The Morgan fingerprint density at radius 3 is 2.79 bits per heavy atom. The number of carboxylic acids is 1. The van der Waals surface area contributed by atoms with E-state index in [1.165, 1.54) is 12.3 Å². The number of fused-ring (bicyclic) bond motifs is 1. The smallest absolute Gasteiger partial charge is 0.354 e. The van der Waals surface area contributed by atoms with E-state index in [0.29, 0.717) is 17.9 Å². The molecule has 1 aliphatic heterocycles. The number of pyridine rings is 1. The molecule has 1 aromatic carbocycles. The Morgan fingerprint density at radius 2 is 2.04 bits per heavy atom. The minimum Gasteiger partial charge on any atom is -0.497 e. The lowest BCUT2D eigenvalue weighted by atomic mass is 10.1. The van der Waals surface area contributed by atoms with E-state index in [2.05, 4.69) is 4.98 Å². The van der Waals surface area contributed by atoms with Crippen LogP contribution in [0.2, 0.25) is 0 Å². The Bertz CT molecular complexity index is 788. The third kappa shape index (κ3) is 3.08. The first-order chi connectivity index (χ1) is 11.6. The summed E-state index contributed by atoms with van der Waals surface area (Å²) in [5.74, 6) is -0.687. The fourth-order valence-electron chi connectivity index (χ4n) is 2.89. The van der Waals surface area contributed by atoms with Gasteiger partial charge in [-0.1, -0.05) is 6.07 Å². The van der Waals surface area contributed by atoms with Gasteiger partial charge in [0.25, 0.3) is 5.91 Å². The predicted octanol–water partition coefficient (Wildman–Crippen LogP) is 2.77. The van der Waals surface area contributed by atoms with Gasteiger partial charge in [-0.3, -0.25) is 4.79 Å². The van der Waals surface area contributed by atoms with E-state index in [9.17, 15) is 9.59 Å². The van der Waals surface area contributed by atoms with Gasteiger partial charge in [-0.2, -0.15) is 0 Å². The molecule has 0 saturated heterocycles. The Kier molecular flexibility index (Phi) is 4.46. The highest BCUT2D eigenvalue weighted by atomic mass is 16.5.